The van der Waals surface area contributed by atoms with Crippen LogP contribution in [0.25, 0.3) is 0 Å². The monoisotopic (exact) mass is 327 g/mol. The lowest BCUT2D eigenvalue weighted by molar-refractivity contribution is 0.601. The number of halogens is 1. The van der Waals surface area contributed by atoms with Crippen molar-refractivity contribution in [1.29, 1.82) is 0 Å². The summed E-state index contributed by atoms with van der Waals surface area (Å²) in [6.07, 6.45) is 1.59. The second-order valence-corrected chi connectivity index (χ2v) is 6.73. The van der Waals surface area contributed by atoms with Crippen molar-refractivity contribution in [3.05, 3.63) is 47.2 Å². The number of sulfonamides is 1. The summed E-state index contributed by atoms with van der Waals surface area (Å²) < 4.78 is 29.1. The molecular weight excluding hydrogens is 310 g/mol. The van der Waals surface area contributed by atoms with E-state index in [-0.39, 0.29) is 4.90 Å². The lowest BCUT2D eigenvalue weighted by atomic mass is 10.3. The molecule has 7 heteroatoms. The van der Waals surface area contributed by atoms with Gasteiger partial charge in [-0.3, -0.25) is 4.72 Å². The molecule has 2 rings (SSSR count). The van der Waals surface area contributed by atoms with Gasteiger partial charge in [-0.15, -0.1) is 0 Å². The van der Waals surface area contributed by atoms with Crippen LogP contribution in [0.15, 0.2) is 41.4 Å². The summed E-state index contributed by atoms with van der Waals surface area (Å²) in [7, 11) is -1.82. The van der Waals surface area contributed by atoms with E-state index in [0.717, 1.165) is 12.2 Å². The van der Waals surface area contributed by atoms with Crippen molar-refractivity contribution < 1.29 is 8.42 Å². The molecule has 0 atom stereocenters. The van der Waals surface area contributed by atoms with E-state index in [1.165, 1.54) is 0 Å². The largest absolute Gasteiger partial charge is 0.352 e. The average Bonchev–Trinajstić information content (AvgIpc) is 2.81. The zero-order valence-corrected chi connectivity index (χ0v) is 13.5. The molecule has 1 aromatic heterocycles. The van der Waals surface area contributed by atoms with E-state index in [1.54, 1.807) is 41.1 Å². The van der Waals surface area contributed by atoms with E-state index in [1.807, 2.05) is 14.0 Å². The van der Waals surface area contributed by atoms with Crippen molar-refractivity contribution in [2.24, 2.45) is 7.05 Å². The maximum absolute atomic E-state index is 12.4. The van der Waals surface area contributed by atoms with Gasteiger partial charge in [-0.25, -0.2) is 8.42 Å². The minimum Gasteiger partial charge on any atom is -0.352 e. The topological polar surface area (TPSA) is 63.1 Å². The Kier molecular flexibility index (Phi) is 4.92. The molecule has 0 saturated heterocycles. The molecule has 0 radical (unpaired) electrons. The van der Waals surface area contributed by atoms with Crippen LogP contribution in [-0.4, -0.2) is 19.5 Å². The molecule has 0 bridgehead atoms. The number of nitrogens with one attached hydrogen (secondary N) is 2. The van der Waals surface area contributed by atoms with Gasteiger partial charge >= 0.3 is 0 Å². The Bertz CT molecular complexity index is 726. The number of para-hydroxylation sites is 1. The minimum atomic E-state index is -3.65. The van der Waals surface area contributed by atoms with Crippen molar-refractivity contribution in [3.8, 4) is 0 Å². The second kappa shape index (κ2) is 6.51. The molecule has 1 heterocycles. The predicted octanol–water partition coefficient (Wildman–Crippen LogP) is 2.59. The lowest BCUT2D eigenvalue weighted by Gasteiger charge is -2.07. The zero-order chi connectivity index (χ0) is 15.5. The molecule has 21 heavy (non-hydrogen) atoms. The minimum absolute atomic E-state index is 0.220. The fraction of sp³-hybridized carbons (Fsp3) is 0.286. The van der Waals surface area contributed by atoms with Gasteiger partial charge < -0.3 is 9.88 Å². The number of nitrogens with zero attached hydrogens (tertiary/aromatic N) is 1. The van der Waals surface area contributed by atoms with Gasteiger partial charge in [0, 0.05) is 25.5 Å². The molecular formula is C14H18ClN3O2S. The van der Waals surface area contributed by atoms with Gasteiger partial charge in [0.15, 0.2) is 0 Å². The number of aryl methyl sites for hydroxylation is 1. The highest BCUT2D eigenvalue weighted by Gasteiger charge is 2.18. The Labute approximate surface area is 130 Å². The van der Waals surface area contributed by atoms with E-state index in [2.05, 4.69) is 10.0 Å². The van der Waals surface area contributed by atoms with Crippen LogP contribution in [0, 0.1) is 0 Å². The molecule has 0 spiro atoms. The Morgan fingerprint density at radius 2 is 2.00 bits per heavy atom. The maximum atomic E-state index is 12.4. The molecule has 2 aromatic rings. The Balaban J connectivity index is 2.26. The van der Waals surface area contributed by atoms with E-state index in [0.29, 0.717) is 17.3 Å². The molecule has 2 N–H and O–H groups in total. The molecule has 0 aliphatic carbocycles. The smallest absolute Gasteiger partial charge is 0.263 e. The Hall–Kier alpha value is -1.50. The molecule has 0 aliphatic rings. The van der Waals surface area contributed by atoms with Crippen LogP contribution in [0.1, 0.15) is 12.6 Å². The van der Waals surface area contributed by atoms with Gasteiger partial charge in [0.25, 0.3) is 10.0 Å². The summed E-state index contributed by atoms with van der Waals surface area (Å²) in [4.78, 5) is 0.220. The van der Waals surface area contributed by atoms with Crippen molar-refractivity contribution in [2.45, 2.75) is 18.4 Å². The first-order valence-corrected chi connectivity index (χ1v) is 8.43. The van der Waals surface area contributed by atoms with Crippen LogP contribution < -0.4 is 10.0 Å². The molecule has 1 aromatic carbocycles. The van der Waals surface area contributed by atoms with Gasteiger partial charge in [0.05, 0.1) is 10.7 Å². The summed E-state index contributed by atoms with van der Waals surface area (Å²) >= 11 is 5.98. The van der Waals surface area contributed by atoms with Gasteiger partial charge in [-0.2, -0.15) is 0 Å². The first kappa shape index (κ1) is 15.9. The normalized spacial score (nSPS) is 11.6. The zero-order valence-electron chi connectivity index (χ0n) is 11.9. The van der Waals surface area contributed by atoms with Gasteiger partial charge in [-0.1, -0.05) is 30.7 Å². The van der Waals surface area contributed by atoms with E-state index in [4.69, 9.17) is 11.6 Å². The van der Waals surface area contributed by atoms with Crippen LogP contribution in [0.3, 0.4) is 0 Å². The second-order valence-electron chi connectivity index (χ2n) is 4.64. The van der Waals surface area contributed by atoms with E-state index < -0.39 is 10.0 Å². The highest BCUT2D eigenvalue weighted by Crippen LogP contribution is 2.24. The molecule has 5 nitrogen and oxygen atoms in total. The molecule has 0 amide bonds. The van der Waals surface area contributed by atoms with Crippen LogP contribution in [0.2, 0.25) is 5.02 Å². The molecule has 0 saturated carbocycles. The highest BCUT2D eigenvalue weighted by molar-refractivity contribution is 7.92. The molecule has 0 aliphatic heterocycles. The van der Waals surface area contributed by atoms with E-state index in [9.17, 15) is 8.42 Å². The Morgan fingerprint density at radius 1 is 1.29 bits per heavy atom. The third-order valence-corrected chi connectivity index (χ3v) is 4.73. The fourth-order valence-electron chi connectivity index (χ4n) is 1.90. The average molecular weight is 328 g/mol. The van der Waals surface area contributed by atoms with Crippen molar-refractivity contribution >= 4 is 27.3 Å². The van der Waals surface area contributed by atoms with Gasteiger partial charge in [0.2, 0.25) is 0 Å². The number of anilines is 1. The predicted molar refractivity (Wildman–Crippen MR) is 85.1 cm³/mol. The number of aromatic nitrogens is 1. The van der Waals surface area contributed by atoms with Crippen LogP contribution in [0.5, 0.6) is 0 Å². The molecule has 0 fully saturated rings. The number of rotatable bonds is 6. The summed E-state index contributed by atoms with van der Waals surface area (Å²) in [6.45, 7) is 3.44. The number of hydrogen-bond acceptors (Lipinski definition) is 3. The van der Waals surface area contributed by atoms with Crippen LogP contribution >= 0.6 is 11.6 Å². The number of hydrogen-bond donors (Lipinski definition) is 2. The van der Waals surface area contributed by atoms with Gasteiger partial charge in [-0.05, 0) is 24.7 Å². The third kappa shape index (κ3) is 3.78. The molecule has 0 unspecified atom stereocenters. The first-order chi connectivity index (χ1) is 9.94. The van der Waals surface area contributed by atoms with Gasteiger partial charge in [0.1, 0.15) is 4.90 Å². The van der Waals surface area contributed by atoms with Crippen molar-refractivity contribution in [3.63, 3.8) is 0 Å². The fourth-order valence-corrected chi connectivity index (χ4v) is 3.31. The maximum Gasteiger partial charge on any atom is 0.263 e. The molecule has 114 valence electrons. The summed E-state index contributed by atoms with van der Waals surface area (Å²) in [5, 5.41) is 3.54. The Morgan fingerprint density at radius 3 is 2.67 bits per heavy atom. The van der Waals surface area contributed by atoms with Crippen LogP contribution in [0.4, 0.5) is 5.69 Å². The highest BCUT2D eigenvalue weighted by atomic mass is 35.5. The van der Waals surface area contributed by atoms with Crippen molar-refractivity contribution in [2.75, 3.05) is 11.3 Å². The van der Waals surface area contributed by atoms with Crippen LogP contribution in [-0.2, 0) is 23.6 Å². The quantitative estimate of drug-likeness (QED) is 0.857. The van der Waals surface area contributed by atoms with Crippen molar-refractivity contribution in [1.82, 2.24) is 9.88 Å². The SMILES string of the molecule is CCNCc1cc(S(=O)(=O)Nc2ccccc2Cl)cn1C. The summed E-state index contributed by atoms with van der Waals surface area (Å²) in [6, 6.07) is 8.40. The third-order valence-electron chi connectivity index (χ3n) is 3.07. The summed E-state index contributed by atoms with van der Waals surface area (Å²) in [5.74, 6) is 0. The first-order valence-electron chi connectivity index (χ1n) is 6.57. The standard InChI is InChI=1S/C14H18ClN3O2S/c1-3-16-9-11-8-12(10-18(11)2)21(19,20)17-14-7-5-4-6-13(14)15/h4-8,10,16-17H,3,9H2,1-2H3. The number of benzene rings is 1. The lowest BCUT2D eigenvalue weighted by Crippen LogP contribution is -2.14. The summed E-state index contributed by atoms with van der Waals surface area (Å²) in [5.41, 5.74) is 1.27. The van der Waals surface area contributed by atoms with E-state index >= 15 is 0 Å².